The van der Waals surface area contributed by atoms with E-state index in [1.54, 1.807) is 18.2 Å². The average molecular weight is 359 g/mol. The van der Waals surface area contributed by atoms with E-state index >= 15 is 0 Å². The Kier molecular flexibility index (Phi) is 4.14. The molecular weight excluding hydrogens is 341 g/mol. The molecule has 1 amide bonds. The number of hydrogen-bond donors (Lipinski definition) is 1. The second-order valence-electron chi connectivity index (χ2n) is 5.14. The quantitative estimate of drug-likeness (QED) is 0.782. The van der Waals surface area contributed by atoms with Gasteiger partial charge in [0.2, 0.25) is 0 Å². The maximum absolute atomic E-state index is 12.5. The van der Waals surface area contributed by atoms with E-state index in [1.165, 1.54) is 0 Å². The zero-order valence-electron chi connectivity index (χ0n) is 10.7. The lowest BCUT2D eigenvalue weighted by atomic mass is 9.93. The van der Waals surface area contributed by atoms with Crippen LogP contribution in [-0.4, -0.2) is 28.5 Å². The highest BCUT2D eigenvalue weighted by molar-refractivity contribution is 14.1. The highest BCUT2D eigenvalue weighted by Crippen LogP contribution is 2.27. The first-order chi connectivity index (χ1) is 8.49. The van der Waals surface area contributed by atoms with Crippen molar-refractivity contribution in [2.24, 2.45) is 5.92 Å². The lowest BCUT2D eigenvalue weighted by Gasteiger charge is -2.36. The molecule has 98 valence electrons. The van der Waals surface area contributed by atoms with Crippen LogP contribution < -0.4 is 0 Å². The molecule has 2 rings (SSSR count). The smallest absolute Gasteiger partial charge is 0.257 e. The van der Waals surface area contributed by atoms with Crippen LogP contribution in [0.5, 0.6) is 5.75 Å². The second kappa shape index (κ2) is 5.47. The Balaban J connectivity index is 2.23. The van der Waals surface area contributed by atoms with Gasteiger partial charge in [-0.1, -0.05) is 6.92 Å². The Labute approximate surface area is 121 Å². The molecule has 1 aliphatic rings. The minimum absolute atomic E-state index is 0.0505. The fourth-order valence-corrected chi connectivity index (χ4v) is 3.03. The van der Waals surface area contributed by atoms with Gasteiger partial charge in [-0.3, -0.25) is 4.79 Å². The molecule has 2 unspecified atom stereocenters. The number of piperidine rings is 1. The van der Waals surface area contributed by atoms with Crippen LogP contribution in [-0.2, 0) is 0 Å². The van der Waals surface area contributed by atoms with E-state index in [1.807, 2.05) is 4.90 Å². The monoisotopic (exact) mass is 359 g/mol. The minimum Gasteiger partial charge on any atom is -0.507 e. The number of aromatic hydroxyl groups is 1. The molecule has 1 saturated heterocycles. The molecule has 2 atom stereocenters. The molecule has 4 heteroatoms. The first kappa shape index (κ1) is 13.6. The number of phenolic OH excluding ortho intramolecular Hbond substituents is 1. The summed E-state index contributed by atoms with van der Waals surface area (Å²) >= 11 is 2.15. The molecule has 1 heterocycles. The van der Waals surface area contributed by atoms with Crippen LogP contribution in [0.2, 0.25) is 0 Å². The molecule has 0 saturated carbocycles. The molecule has 0 bridgehead atoms. The fraction of sp³-hybridized carbons (Fsp3) is 0.500. The van der Waals surface area contributed by atoms with Gasteiger partial charge in [0.25, 0.3) is 5.91 Å². The molecule has 1 aromatic carbocycles. The van der Waals surface area contributed by atoms with Crippen LogP contribution >= 0.6 is 22.6 Å². The van der Waals surface area contributed by atoms with Crippen LogP contribution in [0, 0.1) is 9.49 Å². The predicted octanol–water partition coefficient (Wildman–Crippen LogP) is 3.26. The molecule has 1 aromatic rings. The molecule has 0 aromatic heterocycles. The van der Waals surface area contributed by atoms with E-state index in [0.29, 0.717) is 11.5 Å². The maximum atomic E-state index is 12.5. The molecule has 0 aliphatic carbocycles. The molecule has 1 fully saturated rings. The molecular formula is C14H18INO2. The Morgan fingerprint density at radius 2 is 2.17 bits per heavy atom. The topological polar surface area (TPSA) is 40.5 Å². The van der Waals surface area contributed by atoms with E-state index in [4.69, 9.17) is 0 Å². The van der Waals surface area contributed by atoms with Crippen LogP contribution in [0.25, 0.3) is 0 Å². The molecule has 3 nitrogen and oxygen atoms in total. The van der Waals surface area contributed by atoms with Crippen LogP contribution in [0.15, 0.2) is 18.2 Å². The zero-order valence-corrected chi connectivity index (χ0v) is 12.8. The molecule has 0 radical (unpaired) electrons. The van der Waals surface area contributed by atoms with Crippen molar-refractivity contribution in [3.63, 3.8) is 0 Å². The van der Waals surface area contributed by atoms with Crippen molar-refractivity contribution in [3.8, 4) is 5.75 Å². The highest BCUT2D eigenvalue weighted by atomic mass is 127. The van der Waals surface area contributed by atoms with Gasteiger partial charge in [-0.05, 0) is 66.5 Å². The number of hydrogen-bond acceptors (Lipinski definition) is 2. The van der Waals surface area contributed by atoms with Gasteiger partial charge in [-0.25, -0.2) is 0 Å². The van der Waals surface area contributed by atoms with Crippen molar-refractivity contribution >= 4 is 28.5 Å². The number of benzene rings is 1. The van der Waals surface area contributed by atoms with Crippen molar-refractivity contribution in [1.29, 1.82) is 0 Å². The summed E-state index contributed by atoms with van der Waals surface area (Å²) in [5.74, 6) is 0.699. The van der Waals surface area contributed by atoms with Crippen LogP contribution in [0.3, 0.4) is 0 Å². The number of amides is 1. The SMILES string of the molecule is CC1CCN(C(=O)c2cc(I)ccc2O)C(C)C1. The van der Waals surface area contributed by atoms with Gasteiger partial charge in [0.1, 0.15) is 5.75 Å². The summed E-state index contributed by atoms with van der Waals surface area (Å²) in [5.41, 5.74) is 0.420. The maximum Gasteiger partial charge on any atom is 0.257 e. The van der Waals surface area contributed by atoms with E-state index < -0.39 is 0 Å². The first-order valence-corrected chi connectivity index (χ1v) is 7.36. The standard InChI is InChI=1S/C14H18INO2/c1-9-5-6-16(10(2)7-9)14(18)12-8-11(15)3-4-13(12)17/h3-4,8-10,17H,5-7H2,1-2H3. The largest absolute Gasteiger partial charge is 0.507 e. The lowest BCUT2D eigenvalue weighted by Crippen LogP contribution is -2.44. The van der Waals surface area contributed by atoms with Gasteiger partial charge in [-0.2, -0.15) is 0 Å². The minimum atomic E-state index is -0.0505. The van der Waals surface area contributed by atoms with Crippen molar-refractivity contribution in [1.82, 2.24) is 4.90 Å². The molecule has 1 aliphatic heterocycles. The van der Waals surface area contributed by atoms with Gasteiger partial charge in [0, 0.05) is 16.2 Å². The average Bonchev–Trinajstić information content (AvgIpc) is 2.31. The van der Waals surface area contributed by atoms with Crippen molar-refractivity contribution < 1.29 is 9.90 Å². The number of phenols is 1. The Morgan fingerprint density at radius 3 is 2.83 bits per heavy atom. The van der Waals surface area contributed by atoms with Gasteiger partial charge in [-0.15, -0.1) is 0 Å². The second-order valence-corrected chi connectivity index (χ2v) is 6.38. The third-order valence-electron chi connectivity index (χ3n) is 3.59. The van der Waals surface area contributed by atoms with Crippen LogP contribution in [0.4, 0.5) is 0 Å². The number of carbonyl (C=O) groups excluding carboxylic acids is 1. The number of nitrogens with zero attached hydrogens (tertiary/aromatic N) is 1. The predicted molar refractivity (Wildman–Crippen MR) is 79.7 cm³/mol. The summed E-state index contributed by atoms with van der Waals surface area (Å²) in [4.78, 5) is 14.3. The van der Waals surface area contributed by atoms with Gasteiger partial charge in [0.05, 0.1) is 5.56 Å². The van der Waals surface area contributed by atoms with Crippen molar-refractivity contribution in [2.75, 3.05) is 6.54 Å². The third-order valence-corrected chi connectivity index (χ3v) is 4.26. The van der Waals surface area contributed by atoms with Gasteiger partial charge >= 0.3 is 0 Å². The summed E-state index contributed by atoms with van der Waals surface area (Å²) in [6.07, 6.45) is 2.08. The lowest BCUT2D eigenvalue weighted by molar-refractivity contribution is 0.0585. The van der Waals surface area contributed by atoms with E-state index in [2.05, 4.69) is 36.4 Å². The third kappa shape index (κ3) is 2.79. The normalized spacial score (nSPS) is 24.1. The summed E-state index contributed by atoms with van der Waals surface area (Å²) in [7, 11) is 0. The van der Waals surface area contributed by atoms with E-state index in [0.717, 1.165) is 23.0 Å². The van der Waals surface area contributed by atoms with Crippen molar-refractivity contribution in [3.05, 3.63) is 27.3 Å². The van der Waals surface area contributed by atoms with Crippen molar-refractivity contribution in [2.45, 2.75) is 32.7 Å². The van der Waals surface area contributed by atoms with E-state index in [9.17, 15) is 9.90 Å². The molecule has 18 heavy (non-hydrogen) atoms. The number of rotatable bonds is 1. The van der Waals surface area contributed by atoms with Gasteiger partial charge in [0.15, 0.2) is 0 Å². The molecule has 1 N–H and O–H groups in total. The highest BCUT2D eigenvalue weighted by Gasteiger charge is 2.28. The first-order valence-electron chi connectivity index (χ1n) is 6.28. The number of carbonyl (C=O) groups is 1. The summed E-state index contributed by atoms with van der Waals surface area (Å²) < 4.78 is 0.965. The number of halogens is 1. The molecule has 0 spiro atoms. The van der Waals surface area contributed by atoms with Gasteiger partial charge < -0.3 is 10.0 Å². The Hall–Kier alpha value is -0.780. The Bertz CT molecular complexity index is 461. The fourth-order valence-electron chi connectivity index (χ4n) is 2.54. The summed E-state index contributed by atoms with van der Waals surface area (Å²) in [6, 6.07) is 5.39. The number of likely N-dealkylation sites (tertiary alicyclic amines) is 1. The summed E-state index contributed by atoms with van der Waals surface area (Å²) in [6.45, 7) is 5.09. The van der Waals surface area contributed by atoms with E-state index in [-0.39, 0.29) is 17.7 Å². The van der Waals surface area contributed by atoms with Crippen LogP contribution in [0.1, 0.15) is 37.0 Å². The zero-order chi connectivity index (χ0) is 13.3. The Morgan fingerprint density at radius 1 is 1.44 bits per heavy atom. The summed E-state index contributed by atoms with van der Waals surface area (Å²) in [5, 5.41) is 9.82.